The van der Waals surface area contributed by atoms with Crippen molar-refractivity contribution in [3.63, 3.8) is 0 Å². The zero-order chi connectivity index (χ0) is 11.6. The highest BCUT2D eigenvalue weighted by atomic mass is 31.1. The van der Waals surface area contributed by atoms with Crippen molar-refractivity contribution in [2.45, 2.75) is 5.71 Å². The van der Waals surface area contributed by atoms with Crippen molar-refractivity contribution < 1.29 is 18.8 Å². The summed E-state index contributed by atoms with van der Waals surface area (Å²) in [5, 5.41) is 0. The van der Waals surface area contributed by atoms with Crippen molar-refractivity contribution >= 4 is 8.46 Å². The van der Waals surface area contributed by atoms with Gasteiger partial charge in [0.2, 0.25) is 0 Å². The molecule has 0 amide bonds. The fourth-order valence-electron chi connectivity index (χ4n) is 0.697. The zero-order valence-electron chi connectivity index (χ0n) is 8.55. The standard InChI is InChI=1S/C10H15O4P/c1-4-7-12-10(15-11,13-8-5-2)14-9-6-3/h4-6H,1-3,7-9H2. The van der Waals surface area contributed by atoms with E-state index in [1.807, 2.05) is 0 Å². The van der Waals surface area contributed by atoms with Gasteiger partial charge in [-0.1, -0.05) is 18.2 Å². The number of ether oxygens (including phenoxy) is 3. The summed E-state index contributed by atoms with van der Waals surface area (Å²) in [5.74, 6) is 0. The summed E-state index contributed by atoms with van der Waals surface area (Å²) in [5.41, 5.74) is -1.60. The third kappa shape index (κ3) is 5.60. The van der Waals surface area contributed by atoms with Gasteiger partial charge < -0.3 is 14.2 Å². The molecule has 0 rings (SSSR count). The second-order valence-electron chi connectivity index (χ2n) is 2.41. The molecule has 0 heterocycles. The van der Waals surface area contributed by atoms with Gasteiger partial charge in [0, 0.05) is 0 Å². The Morgan fingerprint density at radius 2 is 1.27 bits per heavy atom. The van der Waals surface area contributed by atoms with E-state index in [9.17, 15) is 4.57 Å². The van der Waals surface area contributed by atoms with Gasteiger partial charge in [-0.05, 0) is 0 Å². The van der Waals surface area contributed by atoms with Crippen molar-refractivity contribution in [2.24, 2.45) is 0 Å². The van der Waals surface area contributed by atoms with Crippen molar-refractivity contribution in [3.05, 3.63) is 38.0 Å². The van der Waals surface area contributed by atoms with E-state index in [1.165, 1.54) is 18.2 Å². The molecule has 0 aliphatic rings. The first-order valence-electron chi connectivity index (χ1n) is 4.33. The first-order valence-corrected chi connectivity index (χ1v) is 5.15. The lowest BCUT2D eigenvalue weighted by Gasteiger charge is -2.25. The maximum Gasteiger partial charge on any atom is 0.369 e. The Morgan fingerprint density at radius 1 is 0.933 bits per heavy atom. The molecule has 0 aromatic carbocycles. The van der Waals surface area contributed by atoms with E-state index < -0.39 is 14.2 Å². The summed E-state index contributed by atoms with van der Waals surface area (Å²) in [7, 11) is -0.417. The molecule has 0 spiro atoms. The summed E-state index contributed by atoms with van der Waals surface area (Å²) >= 11 is 0. The van der Waals surface area contributed by atoms with Crippen LogP contribution in [-0.2, 0) is 18.8 Å². The van der Waals surface area contributed by atoms with Crippen LogP contribution in [0.5, 0.6) is 0 Å². The zero-order valence-corrected chi connectivity index (χ0v) is 9.45. The van der Waals surface area contributed by atoms with E-state index in [-0.39, 0.29) is 19.8 Å². The number of hydrogen-bond acceptors (Lipinski definition) is 4. The molecule has 84 valence electrons. The molecule has 0 aromatic rings. The van der Waals surface area contributed by atoms with Gasteiger partial charge in [0.25, 0.3) is 8.46 Å². The molecule has 0 radical (unpaired) electrons. The maximum atomic E-state index is 11.0. The van der Waals surface area contributed by atoms with Gasteiger partial charge in [0.15, 0.2) is 0 Å². The largest absolute Gasteiger partial charge is 0.369 e. The lowest BCUT2D eigenvalue weighted by atomic mass is 10.7. The van der Waals surface area contributed by atoms with E-state index >= 15 is 0 Å². The predicted molar refractivity (Wildman–Crippen MR) is 58.8 cm³/mol. The van der Waals surface area contributed by atoms with Gasteiger partial charge in [0.1, 0.15) is 0 Å². The molecular formula is C10H15O4P. The molecule has 0 unspecified atom stereocenters. The predicted octanol–water partition coefficient (Wildman–Crippen LogP) is 2.50. The third-order valence-electron chi connectivity index (χ3n) is 1.26. The summed E-state index contributed by atoms with van der Waals surface area (Å²) < 4.78 is 26.4. The molecule has 0 saturated carbocycles. The summed E-state index contributed by atoms with van der Waals surface area (Å²) in [4.78, 5) is 0. The van der Waals surface area contributed by atoms with Crippen LogP contribution in [0.15, 0.2) is 38.0 Å². The first-order chi connectivity index (χ1) is 7.24. The van der Waals surface area contributed by atoms with Crippen LogP contribution in [0.1, 0.15) is 0 Å². The van der Waals surface area contributed by atoms with E-state index in [2.05, 4.69) is 19.7 Å². The second-order valence-corrected chi connectivity index (χ2v) is 3.14. The Morgan fingerprint density at radius 3 is 1.47 bits per heavy atom. The molecule has 4 nitrogen and oxygen atoms in total. The SMILES string of the molecule is C=CCOC(OCC=C)(OCC=C)P=O. The van der Waals surface area contributed by atoms with Gasteiger partial charge in [-0.2, -0.15) is 0 Å². The highest BCUT2D eigenvalue weighted by molar-refractivity contribution is 7.25. The molecule has 0 N–H and O–H groups in total. The molecule has 0 aliphatic heterocycles. The van der Waals surface area contributed by atoms with Crippen molar-refractivity contribution in [1.82, 2.24) is 0 Å². The monoisotopic (exact) mass is 230 g/mol. The average Bonchev–Trinajstić information content (AvgIpc) is 2.29. The molecule has 15 heavy (non-hydrogen) atoms. The maximum absolute atomic E-state index is 11.0. The Hall–Kier alpha value is -0.800. The van der Waals surface area contributed by atoms with Crippen LogP contribution in [-0.4, -0.2) is 25.5 Å². The Labute approximate surface area is 91.4 Å². The van der Waals surface area contributed by atoms with Gasteiger partial charge in [-0.3, -0.25) is 4.57 Å². The molecule has 5 heteroatoms. The van der Waals surface area contributed by atoms with Gasteiger partial charge in [-0.25, -0.2) is 0 Å². The van der Waals surface area contributed by atoms with Crippen LogP contribution in [0.3, 0.4) is 0 Å². The fourth-order valence-corrected chi connectivity index (χ4v) is 1.08. The smallest absolute Gasteiger partial charge is 0.314 e. The quantitative estimate of drug-likeness (QED) is 0.328. The molecular weight excluding hydrogens is 215 g/mol. The van der Waals surface area contributed by atoms with Crippen LogP contribution >= 0.6 is 8.46 Å². The first kappa shape index (κ1) is 14.2. The minimum atomic E-state index is -1.60. The lowest BCUT2D eigenvalue weighted by molar-refractivity contribution is -0.309. The average molecular weight is 230 g/mol. The van der Waals surface area contributed by atoms with Crippen LogP contribution in [0.2, 0.25) is 0 Å². The van der Waals surface area contributed by atoms with E-state index in [4.69, 9.17) is 14.2 Å². The van der Waals surface area contributed by atoms with Crippen molar-refractivity contribution in [2.75, 3.05) is 19.8 Å². The van der Waals surface area contributed by atoms with Crippen LogP contribution in [0.4, 0.5) is 0 Å². The third-order valence-corrected chi connectivity index (χ3v) is 1.87. The lowest BCUT2D eigenvalue weighted by Crippen LogP contribution is -2.33. The molecule has 0 bridgehead atoms. The molecule has 0 atom stereocenters. The van der Waals surface area contributed by atoms with E-state index in [1.54, 1.807) is 0 Å². The summed E-state index contributed by atoms with van der Waals surface area (Å²) in [6.07, 6.45) is 4.53. The molecule has 0 fully saturated rings. The number of hydrogen-bond donors (Lipinski definition) is 0. The Kier molecular flexibility index (Phi) is 8.05. The molecule has 0 saturated heterocycles. The number of rotatable bonds is 10. The van der Waals surface area contributed by atoms with Crippen molar-refractivity contribution in [3.8, 4) is 0 Å². The fraction of sp³-hybridized carbons (Fsp3) is 0.400. The van der Waals surface area contributed by atoms with Crippen LogP contribution in [0, 0.1) is 0 Å². The van der Waals surface area contributed by atoms with E-state index in [0.29, 0.717) is 0 Å². The second kappa shape index (κ2) is 8.50. The van der Waals surface area contributed by atoms with E-state index in [0.717, 1.165) is 0 Å². The Balaban J connectivity index is 4.41. The normalized spacial score (nSPS) is 11.2. The van der Waals surface area contributed by atoms with Crippen molar-refractivity contribution in [1.29, 1.82) is 0 Å². The van der Waals surface area contributed by atoms with Crippen LogP contribution < -0.4 is 0 Å². The van der Waals surface area contributed by atoms with Crippen LogP contribution in [0.25, 0.3) is 0 Å². The highest BCUT2D eigenvalue weighted by Crippen LogP contribution is 2.28. The minimum Gasteiger partial charge on any atom is -0.314 e. The van der Waals surface area contributed by atoms with Gasteiger partial charge in [0.05, 0.1) is 19.8 Å². The molecule has 0 aliphatic carbocycles. The minimum absolute atomic E-state index is 0.170. The highest BCUT2D eigenvalue weighted by Gasteiger charge is 2.34. The van der Waals surface area contributed by atoms with Gasteiger partial charge >= 0.3 is 5.71 Å². The van der Waals surface area contributed by atoms with Gasteiger partial charge in [-0.15, -0.1) is 19.7 Å². The molecule has 0 aromatic heterocycles. The summed E-state index contributed by atoms with van der Waals surface area (Å²) in [6.45, 7) is 10.9. The topological polar surface area (TPSA) is 44.8 Å². The Bertz CT molecular complexity index is 196. The summed E-state index contributed by atoms with van der Waals surface area (Å²) in [6, 6.07) is 0.